The number of hydrogen-bond donors (Lipinski definition) is 3. The maximum atomic E-state index is 11.7. The molecule has 0 aromatic heterocycles. The maximum Gasteiger partial charge on any atom is 0.329 e. The molecule has 8 nitrogen and oxygen atoms in total. The third-order valence-electron chi connectivity index (χ3n) is 2.59. The fourth-order valence-corrected chi connectivity index (χ4v) is 1.80. The van der Waals surface area contributed by atoms with Gasteiger partial charge in [0.05, 0.1) is 6.61 Å². The summed E-state index contributed by atoms with van der Waals surface area (Å²) < 4.78 is 4.76. The Morgan fingerprint density at radius 2 is 2.17 bits per heavy atom. The lowest BCUT2D eigenvalue weighted by atomic mass is 10.2. The predicted molar refractivity (Wildman–Crippen MR) is 60.8 cm³/mol. The molecule has 1 unspecified atom stereocenters. The number of carbonyl (C=O) groups is 3. The molecular formula is C10H17N3O5. The number of carbonyl (C=O) groups excluding carboxylic acids is 2. The summed E-state index contributed by atoms with van der Waals surface area (Å²) in [5.41, 5.74) is 5.19. The molecular weight excluding hydrogens is 242 g/mol. The minimum absolute atomic E-state index is 0.104. The summed E-state index contributed by atoms with van der Waals surface area (Å²) in [6.07, 6.45) is 1.33. The molecule has 0 aromatic rings. The van der Waals surface area contributed by atoms with Crippen LogP contribution in [0.1, 0.15) is 12.8 Å². The van der Waals surface area contributed by atoms with Crippen molar-refractivity contribution in [1.82, 2.24) is 10.2 Å². The summed E-state index contributed by atoms with van der Waals surface area (Å²) in [7, 11) is 0. The second-order valence-electron chi connectivity index (χ2n) is 3.93. The third kappa shape index (κ3) is 4.21. The van der Waals surface area contributed by atoms with E-state index in [9.17, 15) is 14.4 Å². The van der Waals surface area contributed by atoms with E-state index in [1.165, 1.54) is 4.90 Å². The van der Waals surface area contributed by atoms with Crippen molar-refractivity contribution in [2.24, 2.45) is 5.73 Å². The van der Waals surface area contributed by atoms with Crippen LogP contribution in [0.5, 0.6) is 0 Å². The first kappa shape index (κ1) is 14.2. The van der Waals surface area contributed by atoms with Crippen molar-refractivity contribution in [3.05, 3.63) is 0 Å². The van der Waals surface area contributed by atoms with Crippen molar-refractivity contribution in [2.45, 2.75) is 18.9 Å². The van der Waals surface area contributed by atoms with Crippen molar-refractivity contribution >= 4 is 17.9 Å². The second-order valence-corrected chi connectivity index (χ2v) is 3.93. The molecule has 0 aliphatic carbocycles. The van der Waals surface area contributed by atoms with Crippen LogP contribution in [0.15, 0.2) is 0 Å². The Hall–Kier alpha value is -1.83. The Bertz CT molecular complexity index is 333. The summed E-state index contributed by atoms with van der Waals surface area (Å²) in [4.78, 5) is 34.3. The number of nitrogens with one attached hydrogen (secondary N) is 1. The third-order valence-corrected chi connectivity index (χ3v) is 2.59. The first-order valence-corrected chi connectivity index (χ1v) is 5.65. The molecule has 1 rings (SSSR count). The van der Waals surface area contributed by atoms with Crippen molar-refractivity contribution in [3.63, 3.8) is 0 Å². The molecule has 8 heteroatoms. The van der Waals surface area contributed by atoms with Gasteiger partial charge in [0, 0.05) is 13.1 Å². The highest BCUT2D eigenvalue weighted by Gasteiger charge is 2.32. The SMILES string of the molecule is NC(=O)C1CCCN1C(=O)NCCOCC(=O)O. The fraction of sp³-hybridized carbons (Fsp3) is 0.700. The average molecular weight is 259 g/mol. The Morgan fingerprint density at radius 3 is 2.78 bits per heavy atom. The van der Waals surface area contributed by atoms with Gasteiger partial charge in [-0.05, 0) is 12.8 Å². The number of likely N-dealkylation sites (tertiary alicyclic amines) is 1. The van der Waals surface area contributed by atoms with Gasteiger partial charge in [-0.15, -0.1) is 0 Å². The maximum absolute atomic E-state index is 11.7. The minimum atomic E-state index is -1.06. The first-order valence-electron chi connectivity index (χ1n) is 5.65. The number of nitrogens with two attached hydrogens (primary N) is 1. The number of carboxylic acid groups (broad SMARTS) is 1. The summed E-state index contributed by atoms with van der Waals surface area (Å²) in [5.74, 6) is -1.57. The molecule has 1 atom stereocenters. The highest BCUT2D eigenvalue weighted by molar-refractivity contribution is 5.86. The second kappa shape index (κ2) is 6.80. The van der Waals surface area contributed by atoms with Crippen LogP contribution in [0.4, 0.5) is 4.79 Å². The lowest BCUT2D eigenvalue weighted by Crippen LogP contribution is -2.48. The zero-order valence-corrected chi connectivity index (χ0v) is 9.92. The Labute approximate surface area is 104 Å². The first-order chi connectivity index (χ1) is 8.52. The number of primary amides is 1. The number of carboxylic acids is 1. The monoisotopic (exact) mass is 259 g/mol. The van der Waals surface area contributed by atoms with E-state index in [4.69, 9.17) is 15.6 Å². The fourth-order valence-electron chi connectivity index (χ4n) is 1.80. The number of nitrogens with zero attached hydrogens (tertiary/aromatic N) is 1. The number of aliphatic carboxylic acids is 1. The lowest BCUT2D eigenvalue weighted by molar-refractivity contribution is -0.142. The average Bonchev–Trinajstić information content (AvgIpc) is 2.76. The number of amides is 3. The number of hydrogen-bond acceptors (Lipinski definition) is 4. The molecule has 0 spiro atoms. The quantitative estimate of drug-likeness (QED) is 0.514. The molecule has 1 heterocycles. The Balaban J connectivity index is 2.24. The van der Waals surface area contributed by atoms with E-state index in [1.54, 1.807) is 0 Å². The topological polar surface area (TPSA) is 122 Å². The molecule has 1 aliphatic heterocycles. The molecule has 1 saturated heterocycles. The molecule has 18 heavy (non-hydrogen) atoms. The standard InChI is InChI=1S/C10H17N3O5/c11-9(16)7-2-1-4-13(7)10(17)12-3-5-18-6-8(14)15/h7H,1-6H2,(H2,11,16)(H,12,17)(H,14,15). The van der Waals surface area contributed by atoms with Crippen LogP contribution < -0.4 is 11.1 Å². The van der Waals surface area contributed by atoms with Gasteiger partial charge < -0.3 is 25.8 Å². The van der Waals surface area contributed by atoms with Gasteiger partial charge in [0.15, 0.2) is 0 Å². The van der Waals surface area contributed by atoms with Gasteiger partial charge in [0.2, 0.25) is 5.91 Å². The van der Waals surface area contributed by atoms with Gasteiger partial charge in [-0.1, -0.05) is 0 Å². The minimum Gasteiger partial charge on any atom is -0.480 e. The van der Waals surface area contributed by atoms with Crippen LogP contribution in [0, 0.1) is 0 Å². The van der Waals surface area contributed by atoms with Crippen LogP contribution in [0.3, 0.4) is 0 Å². The van der Waals surface area contributed by atoms with Gasteiger partial charge in [-0.3, -0.25) is 4.79 Å². The van der Waals surface area contributed by atoms with Crippen LogP contribution in [-0.4, -0.2) is 60.3 Å². The van der Waals surface area contributed by atoms with Crippen molar-refractivity contribution < 1.29 is 24.2 Å². The van der Waals surface area contributed by atoms with Crippen LogP contribution in [0.25, 0.3) is 0 Å². The zero-order chi connectivity index (χ0) is 13.5. The molecule has 102 valence electrons. The van der Waals surface area contributed by atoms with Crippen LogP contribution in [0.2, 0.25) is 0 Å². The van der Waals surface area contributed by atoms with E-state index in [0.717, 1.165) is 6.42 Å². The largest absolute Gasteiger partial charge is 0.480 e. The highest BCUT2D eigenvalue weighted by atomic mass is 16.5. The van der Waals surface area contributed by atoms with Gasteiger partial charge in [-0.2, -0.15) is 0 Å². The van der Waals surface area contributed by atoms with E-state index < -0.39 is 24.5 Å². The van der Waals surface area contributed by atoms with Gasteiger partial charge in [0.1, 0.15) is 12.6 Å². The molecule has 1 fully saturated rings. The van der Waals surface area contributed by atoms with E-state index in [2.05, 4.69) is 5.32 Å². The van der Waals surface area contributed by atoms with Gasteiger partial charge in [-0.25, -0.2) is 9.59 Å². The molecule has 0 aromatic carbocycles. The summed E-state index contributed by atoms with van der Waals surface area (Å²) in [5, 5.41) is 10.9. The van der Waals surface area contributed by atoms with Crippen molar-refractivity contribution in [2.75, 3.05) is 26.3 Å². The van der Waals surface area contributed by atoms with Crippen molar-refractivity contribution in [3.8, 4) is 0 Å². The van der Waals surface area contributed by atoms with E-state index in [1.807, 2.05) is 0 Å². The lowest BCUT2D eigenvalue weighted by Gasteiger charge is -2.22. The smallest absolute Gasteiger partial charge is 0.329 e. The molecule has 3 amide bonds. The molecule has 0 bridgehead atoms. The summed E-state index contributed by atoms with van der Waals surface area (Å²) in [6.45, 7) is 0.389. The number of ether oxygens (including phenoxy) is 1. The molecule has 1 aliphatic rings. The molecule has 0 radical (unpaired) electrons. The normalized spacial score (nSPS) is 18.7. The summed E-state index contributed by atoms with van der Waals surface area (Å²) >= 11 is 0. The number of rotatable bonds is 6. The summed E-state index contributed by atoms with van der Waals surface area (Å²) in [6, 6.07) is -0.930. The van der Waals surface area contributed by atoms with Crippen LogP contribution in [-0.2, 0) is 14.3 Å². The number of urea groups is 1. The highest BCUT2D eigenvalue weighted by Crippen LogP contribution is 2.16. The van der Waals surface area contributed by atoms with E-state index in [0.29, 0.717) is 13.0 Å². The molecule has 4 N–H and O–H groups in total. The Morgan fingerprint density at radius 1 is 1.44 bits per heavy atom. The van der Waals surface area contributed by atoms with Crippen molar-refractivity contribution in [1.29, 1.82) is 0 Å². The van der Waals surface area contributed by atoms with E-state index in [-0.39, 0.29) is 19.2 Å². The predicted octanol–water partition coefficient (Wildman–Crippen LogP) is -1.25. The van der Waals surface area contributed by atoms with Gasteiger partial charge >= 0.3 is 12.0 Å². The van der Waals surface area contributed by atoms with Crippen LogP contribution >= 0.6 is 0 Å². The Kier molecular flexibility index (Phi) is 5.37. The molecule has 0 saturated carbocycles. The zero-order valence-electron chi connectivity index (χ0n) is 9.92. The van der Waals surface area contributed by atoms with E-state index >= 15 is 0 Å². The van der Waals surface area contributed by atoms with Gasteiger partial charge in [0.25, 0.3) is 0 Å².